The summed E-state index contributed by atoms with van der Waals surface area (Å²) in [7, 11) is -0.340. The van der Waals surface area contributed by atoms with Gasteiger partial charge in [-0.05, 0) is 27.4 Å². The summed E-state index contributed by atoms with van der Waals surface area (Å²) in [5.41, 5.74) is 0. The van der Waals surface area contributed by atoms with Crippen molar-refractivity contribution in [3.63, 3.8) is 0 Å². The zero-order valence-corrected chi connectivity index (χ0v) is 13.2. The molecule has 0 bridgehead atoms. The molecule has 1 aliphatic heterocycles. The minimum absolute atomic E-state index is 0.219. The van der Waals surface area contributed by atoms with Crippen molar-refractivity contribution in [1.29, 1.82) is 0 Å². The van der Waals surface area contributed by atoms with E-state index in [0.717, 1.165) is 0 Å². The lowest BCUT2D eigenvalue weighted by Crippen LogP contribution is -2.29. The van der Waals surface area contributed by atoms with Crippen molar-refractivity contribution >= 4 is 37.3 Å². The highest BCUT2D eigenvalue weighted by atomic mass is 79.9. The molecule has 0 radical (unpaired) electrons. The first-order valence-corrected chi connectivity index (χ1v) is 8.40. The SMILES string of the molecule is COC1CN(S(=O)(=O)c2sccc2Br)CC1OC. The summed E-state index contributed by atoms with van der Waals surface area (Å²) < 4.78 is 37.7. The van der Waals surface area contributed by atoms with Crippen LogP contribution in [0.3, 0.4) is 0 Å². The summed E-state index contributed by atoms with van der Waals surface area (Å²) in [6.45, 7) is 0.642. The summed E-state index contributed by atoms with van der Waals surface area (Å²) >= 11 is 4.46. The van der Waals surface area contributed by atoms with Gasteiger partial charge in [0.1, 0.15) is 4.21 Å². The molecule has 1 aliphatic rings. The number of methoxy groups -OCH3 is 2. The van der Waals surface area contributed by atoms with Gasteiger partial charge in [0.05, 0.1) is 12.2 Å². The lowest BCUT2D eigenvalue weighted by atomic mass is 10.3. The van der Waals surface area contributed by atoms with Gasteiger partial charge in [-0.3, -0.25) is 0 Å². The normalized spacial score (nSPS) is 25.7. The Morgan fingerprint density at radius 2 is 1.89 bits per heavy atom. The first-order valence-electron chi connectivity index (χ1n) is 5.29. The van der Waals surface area contributed by atoms with Crippen molar-refractivity contribution in [1.82, 2.24) is 4.31 Å². The summed E-state index contributed by atoms with van der Waals surface area (Å²) in [4.78, 5) is 0. The molecule has 2 rings (SSSR count). The van der Waals surface area contributed by atoms with Crippen molar-refractivity contribution in [2.24, 2.45) is 0 Å². The maximum atomic E-state index is 12.4. The summed E-state index contributed by atoms with van der Waals surface area (Å²) in [6, 6.07) is 1.73. The minimum atomic E-state index is -3.47. The van der Waals surface area contributed by atoms with Crippen LogP contribution in [-0.4, -0.2) is 52.2 Å². The van der Waals surface area contributed by atoms with Gasteiger partial charge in [-0.1, -0.05) is 0 Å². The van der Waals surface area contributed by atoms with Crippen molar-refractivity contribution in [2.45, 2.75) is 16.4 Å². The molecule has 0 aromatic carbocycles. The lowest BCUT2D eigenvalue weighted by Gasteiger charge is -2.14. The smallest absolute Gasteiger partial charge is 0.253 e. The van der Waals surface area contributed by atoms with E-state index < -0.39 is 10.0 Å². The van der Waals surface area contributed by atoms with Crippen LogP contribution in [0, 0.1) is 0 Å². The van der Waals surface area contributed by atoms with Gasteiger partial charge >= 0.3 is 0 Å². The van der Waals surface area contributed by atoms with Crippen LogP contribution in [0.15, 0.2) is 20.1 Å². The summed E-state index contributed by atoms with van der Waals surface area (Å²) in [5, 5.41) is 1.74. The Hall–Kier alpha value is 0.01000. The predicted octanol–water partition coefficient (Wildman–Crippen LogP) is 1.54. The largest absolute Gasteiger partial charge is 0.377 e. The molecule has 0 aliphatic carbocycles. The Morgan fingerprint density at radius 1 is 1.33 bits per heavy atom. The molecule has 102 valence electrons. The first-order chi connectivity index (χ1) is 8.50. The highest BCUT2D eigenvalue weighted by Gasteiger charge is 2.40. The molecule has 1 saturated heterocycles. The van der Waals surface area contributed by atoms with Crippen molar-refractivity contribution in [3.8, 4) is 0 Å². The Kier molecular flexibility index (Phi) is 4.45. The monoisotopic (exact) mass is 355 g/mol. The highest BCUT2D eigenvalue weighted by Crippen LogP contribution is 2.32. The number of hydrogen-bond acceptors (Lipinski definition) is 5. The number of ether oxygens (including phenoxy) is 2. The van der Waals surface area contributed by atoms with E-state index in [0.29, 0.717) is 21.8 Å². The van der Waals surface area contributed by atoms with Crippen LogP contribution in [0.2, 0.25) is 0 Å². The van der Waals surface area contributed by atoms with E-state index in [4.69, 9.17) is 9.47 Å². The van der Waals surface area contributed by atoms with E-state index in [9.17, 15) is 8.42 Å². The molecule has 18 heavy (non-hydrogen) atoms. The van der Waals surface area contributed by atoms with Crippen LogP contribution in [0.4, 0.5) is 0 Å². The quantitative estimate of drug-likeness (QED) is 0.821. The van der Waals surface area contributed by atoms with Crippen molar-refractivity contribution in [2.75, 3.05) is 27.3 Å². The van der Waals surface area contributed by atoms with Gasteiger partial charge in [-0.2, -0.15) is 4.31 Å². The number of hydrogen-bond donors (Lipinski definition) is 0. The van der Waals surface area contributed by atoms with Gasteiger partial charge in [-0.15, -0.1) is 11.3 Å². The van der Waals surface area contributed by atoms with Crippen LogP contribution >= 0.6 is 27.3 Å². The number of sulfonamides is 1. The van der Waals surface area contributed by atoms with Gasteiger partial charge in [0.2, 0.25) is 0 Å². The van der Waals surface area contributed by atoms with Crippen LogP contribution < -0.4 is 0 Å². The highest BCUT2D eigenvalue weighted by molar-refractivity contribution is 9.10. The van der Waals surface area contributed by atoms with E-state index in [1.54, 1.807) is 25.7 Å². The lowest BCUT2D eigenvalue weighted by molar-refractivity contribution is -0.00461. The summed E-state index contributed by atoms with van der Waals surface area (Å²) in [6.07, 6.45) is -0.438. The molecular formula is C10H14BrNO4S2. The molecule has 0 amide bonds. The fourth-order valence-corrected chi connectivity index (χ4v) is 5.86. The second kappa shape index (κ2) is 5.56. The molecule has 2 atom stereocenters. The first kappa shape index (κ1) is 14.4. The molecule has 1 aromatic rings. The average Bonchev–Trinajstić information content (AvgIpc) is 2.94. The van der Waals surface area contributed by atoms with Crippen LogP contribution in [0.25, 0.3) is 0 Å². The van der Waals surface area contributed by atoms with E-state index in [-0.39, 0.29) is 12.2 Å². The molecule has 5 nitrogen and oxygen atoms in total. The van der Waals surface area contributed by atoms with Gasteiger partial charge in [0.15, 0.2) is 0 Å². The van der Waals surface area contributed by atoms with Crippen molar-refractivity contribution in [3.05, 3.63) is 15.9 Å². The third-order valence-corrected chi connectivity index (χ3v) is 7.42. The molecule has 0 saturated carbocycles. The zero-order chi connectivity index (χ0) is 13.3. The van der Waals surface area contributed by atoms with E-state index in [1.807, 2.05) is 0 Å². The molecule has 2 unspecified atom stereocenters. The zero-order valence-electron chi connectivity index (χ0n) is 10.00. The second-order valence-electron chi connectivity index (χ2n) is 3.93. The maximum Gasteiger partial charge on any atom is 0.253 e. The second-order valence-corrected chi connectivity index (χ2v) is 7.83. The van der Waals surface area contributed by atoms with Crippen LogP contribution in [-0.2, 0) is 19.5 Å². The molecule has 0 spiro atoms. The average molecular weight is 356 g/mol. The molecule has 1 aromatic heterocycles. The molecular weight excluding hydrogens is 342 g/mol. The minimum Gasteiger partial charge on any atom is -0.377 e. The van der Waals surface area contributed by atoms with Gasteiger partial charge in [-0.25, -0.2) is 8.42 Å². The van der Waals surface area contributed by atoms with E-state index in [2.05, 4.69) is 15.9 Å². The van der Waals surface area contributed by atoms with Crippen molar-refractivity contribution < 1.29 is 17.9 Å². The fourth-order valence-electron chi connectivity index (χ4n) is 1.94. The third kappa shape index (κ3) is 2.50. The standard InChI is InChI=1S/C10H14BrNO4S2/c1-15-8-5-12(6-9(8)16-2)18(13,14)10-7(11)3-4-17-10/h3-4,8-9H,5-6H2,1-2H3. The fraction of sp³-hybridized carbons (Fsp3) is 0.600. The number of nitrogens with zero attached hydrogens (tertiary/aromatic N) is 1. The van der Waals surface area contributed by atoms with Crippen LogP contribution in [0.1, 0.15) is 0 Å². The molecule has 2 heterocycles. The van der Waals surface area contributed by atoms with Crippen LogP contribution in [0.5, 0.6) is 0 Å². The number of rotatable bonds is 4. The van der Waals surface area contributed by atoms with Gasteiger partial charge < -0.3 is 9.47 Å². The van der Waals surface area contributed by atoms with E-state index in [1.165, 1.54) is 15.6 Å². The Bertz CT molecular complexity index is 504. The predicted molar refractivity (Wildman–Crippen MR) is 72.4 cm³/mol. The summed E-state index contributed by atoms with van der Waals surface area (Å²) in [5.74, 6) is 0. The molecule has 8 heteroatoms. The Balaban J connectivity index is 2.26. The third-order valence-electron chi connectivity index (χ3n) is 2.95. The molecule has 1 fully saturated rings. The number of halogens is 1. The van der Waals surface area contributed by atoms with E-state index >= 15 is 0 Å². The Morgan fingerprint density at radius 3 is 2.28 bits per heavy atom. The molecule has 0 N–H and O–H groups in total. The number of thiophene rings is 1. The Labute approximate surface area is 119 Å². The van der Waals surface area contributed by atoms with Gasteiger partial charge in [0.25, 0.3) is 10.0 Å². The topological polar surface area (TPSA) is 55.8 Å². The maximum absolute atomic E-state index is 12.4. The van der Waals surface area contributed by atoms with Gasteiger partial charge in [0, 0.05) is 31.8 Å².